The maximum atomic E-state index is 11.0. The Kier molecular flexibility index (Phi) is 2.19. The van der Waals surface area contributed by atoms with Crippen molar-refractivity contribution >= 4 is 6.09 Å². The Morgan fingerprint density at radius 1 is 1.50 bits per heavy atom. The number of cyclic esters (lactones) is 1. The first-order valence-corrected chi connectivity index (χ1v) is 4.67. The molecule has 0 aromatic carbocycles. The number of alkyl carbamates (subject to hydrolysis) is 1. The van der Waals surface area contributed by atoms with Crippen LogP contribution in [0.25, 0.3) is 0 Å². The summed E-state index contributed by atoms with van der Waals surface area (Å²) in [5.74, 6) is 1.72. The predicted octanol–water partition coefficient (Wildman–Crippen LogP) is 2.07. The number of hydrogen-bond acceptors (Lipinski definition) is 3. The zero-order chi connectivity index (χ0) is 10.1. The first kappa shape index (κ1) is 9.12. The molecule has 1 aliphatic rings. The normalized spacial score (nSPS) is 21.6. The van der Waals surface area contributed by atoms with E-state index < -0.39 is 0 Å². The summed E-state index contributed by atoms with van der Waals surface area (Å²) in [5.41, 5.74) is 1.11. The lowest BCUT2D eigenvalue weighted by molar-refractivity contribution is 0.111. The molecule has 1 aromatic heterocycles. The fraction of sp³-hybridized carbons (Fsp3) is 0.500. The highest BCUT2D eigenvalue weighted by atomic mass is 16.6. The predicted molar refractivity (Wildman–Crippen MR) is 50.0 cm³/mol. The second-order valence-electron chi connectivity index (χ2n) is 3.51. The Labute approximate surface area is 82.2 Å². The minimum Gasteiger partial charge on any atom is -0.464 e. The van der Waals surface area contributed by atoms with E-state index in [4.69, 9.17) is 9.15 Å². The number of carbonyl (C=O) groups is 1. The summed E-state index contributed by atoms with van der Waals surface area (Å²) < 4.78 is 10.3. The third-order valence-corrected chi connectivity index (χ3v) is 2.46. The highest BCUT2D eigenvalue weighted by Crippen LogP contribution is 2.24. The topological polar surface area (TPSA) is 51.5 Å². The third kappa shape index (κ3) is 1.60. The van der Waals surface area contributed by atoms with Crippen molar-refractivity contribution in [1.82, 2.24) is 5.32 Å². The van der Waals surface area contributed by atoms with Gasteiger partial charge in [-0.25, -0.2) is 4.79 Å². The summed E-state index contributed by atoms with van der Waals surface area (Å²) in [5, 5.41) is 2.72. The first-order chi connectivity index (χ1) is 6.66. The second kappa shape index (κ2) is 3.36. The fourth-order valence-corrected chi connectivity index (χ4v) is 1.51. The molecule has 1 aromatic rings. The van der Waals surface area contributed by atoms with Crippen LogP contribution in [0.1, 0.15) is 29.5 Å². The molecule has 0 saturated carbocycles. The summed E-state index contributed by atoms with van der Waals surface area (Å²) in [7, 11) is 0. The van der Waals surface area contributed by atoms with Crippen LogP contribution in [0, 0.1) is 13.8 Å². The number of aryl methyl sites for hydroxylation is 2. The molecule has 0 bridgehead atoms. The number of ether oxygens (including phenoxy) is 1. The molecule has 1 aliphatic heterocycles. The molecule has 1 amide bonds. The number of nitrogens with one attached hydrogen (secondary N) is 1. The van der Waals surface area contributed by atoms with Crippen molar-refractivity contribution in [3.63, 3.8) is 0 Å². The van der Waals surface area contributed by atoms with Crippen molar-refractivity contribution in [3.05, 3.63) is 23.2 Å². The van der Waals surface area contributed by atoms with Gasteiger partial charge in [0.2, 0.25) is 0 Å². The van der Waals surface area contributed by atoms with Crippen LogP contribution >= 0.6 is 0 Å². The lowest BCUT2D eigenvalue weighted by Gasteiger charge is -2.21. The van der Waals surface area contributed by atoms with Gasteiger partial charge in [0.25, 0.3) is 0 Å². The van der Waals surface area contributed by atoms with E-state index in [-0.39, 0.29) is 12.1 Å². The largest absolute Gasteiger partial charge is 0.464 e. The van der Waals surface area contributed by atoms with Crippen LogP contribution in [0.15, 0.2) is 10.5 Å². The van der Waals surface area contributed by atoms with Gasteiger partial charge in [-0.1, -0.05) is 0 Å². The van der Waals surface area contributed by atoms with Crippen molar-refractivity contribution in [2.45, 2.75) is 26.3 Å². The molecular formula is C10H13NO3. The van der Waals surface area contributed by atoms with Gasteiger partial charge in [-0.05, 0) is 25.5 Å². The Balaban J connectivity index is 2.17. The maximum Gasteiger partial charge on any atom is 0.407 e. The number of furan rings is 1. The molecule has 1 atom stereocenters. The Morgan fingerprint density at radius 3 is 2.86 bits per heavy atom. The van der Waals surface area contributed by atoms with E-state index in [0.717, 1.165) is 23.5 Å². The number of hydrogen-bond donors (Lipinski definition) is 1. The summed E-state index contributed by atoms with van der Waals surface area (Å²) in [6, 6.07) is 1.93. The molecule has 4 heteroatoms. The Bertz CT molecular complexity index is 337. The number of amides is 1. The molecular weight excluding hydrogens is 182 g/mol. The fourth-order valence-electron chi connectivity index (χ4n) is 1.51. The molecule has 14 heavy (non-hydrogen) atoms. The van der Waals surface area contributed by atoms with E-state index in [0.29, 0.717) is 6.61 Å². The zero-order valence-corrected chi connectivity index (χ0v) is 8.29. The van der Waals surface area contributed by atoms with Gasteiger partial charge >= 0.3 is 6.09 Å². The quantitative estimate of drug-likeness (QED) is 0.746. The molecule has 0 aliphatic carbocycles. The van der Waals surface area contributed by atoms with Gasteiger partial charge in [0, 0.05) is 6.42 Å². The summed E-state index contributed by atoms with van der Waals surface area (Å²) in [4.78, 5) is 11.0. The van der Waals surface area contributed by atoms with E-state index in [1.165, 1.54) is 0 Å². The number of rotatable bonds is 1. The average molecular weight is 195 g/mol. The lowest BCUT2D eigenvalue weighted by atomic mass is 10.1. The SMILES string of the molecule is Cc1cc([C@@H]2CCOC(=O)N2)oc1C. The van der Waals surface area contributed by atoms with Crippen molar-refractivity contribution in [1.29, 1.82) is 0 Å². The highest BCUT2D eigenvalue weighted by molar-refractivity contribution is 5.68. The van der Waals surface area contributed by atoms with Crippen LogP contribution in [0.4, 0.5) is 4.79 Å². The van der Waals surface area contributed by atoms with Crippen LogP contribution in [0.2, 0.25) is 0 Å². The van der Waals surface area contributed by atoms with Crippen LogP contribution < -0.4 is 5.32 Å². The smallest absolute Gasteiger partial charge is 0.407 e. The van der Waals surface area contributed by atoms with Gasteiger partial charge in [-0.2, -0.15) is 0 Å². The van der Waals surface area contributed by atoms with E-state index in [1.54, 1.807) is 0 Å². The average Bonchev–Trinajstić information content (AvgIpc) is 2.47. The molecule has 2 rings (SSSR count). The molecule has 0 spiro atoms. The molecule has 0 radical (unpaired) electrons. The van der Waals surface area contributed by atoms with E-state index in [2.05, 4.69) is 5.32 Å². The highest BCUT2D eigenvalue weighted by Gasteiger charge is 2.23. The van der Waals surface area contributed by atoms with Gasteiger partial charge < -0.3 is 14.5 Å². The van der Waals surface area contributed by atoms with E-state index in [1.807, 2.05) is 19.9 Å². The van der Waals surface area contributed by atoms with Crippen molar-refractivity contribution < 1.29 is 13.9 Å². The maximum absolute atomic E-state index is 11.0. The summed E-state index contributed by atoms with van der Waals surface area (Å²) in [6.45, 7) is 4.36. The Hall–Kier alpha value is -1.45. The summed E-state index contributed by atoms with van der Waals surface area (Å²) >= 11 is 0. The van der Waals surface area contributed by atoms with E-state index in [9.17, 15) is 4.79 Å². The van der Waals surface area contributed by atoms with Crippen molar-refractivity contribution in [3.8, 4) is 0 Å². The van der Waals surface area contributed by atoms with Crippen LogP contribution in [-0.2, 0) is 4.74 Å². The third-order valence-electron chi connectivity index (χ3n) is 2.46. The minimum absolute atomic E-state index is 0.0383. The molecule has 1 fully saturated rings. The Morgan fingerprint density at radius 2 is 2.29 bits per heavy atom. The molecule has 1 saturated heterocycles. The zero-order valence-electron chi connectivity index (χ0n) is 8.29. The molecule has 0 unspecified atom stereocenters. The standard InChI is InChI=1S/C10H13NO3/c1-6-5-9(14-7(6)2)8-3-4-13-10(12)11-8/h5,8H,3-4H2,1-2H3,(H,11,12)/t8-/m0/s1. The van der Waals surface area contributed by atoms with Crippen LogP contribution in [-0.4, -0.2) is 12.7 Å². The van der Waals surface area contributed by atoms with Gasteiger partial charge in [0.15, 0.2) is 0 Å². The lowest BCUT2D eigenvalue weighted by Crippen LogP contribution is -2.35. The molecule has 2 heterocycles. The monoisotopic (exact) mass is 195 g/mol. The molecule has 4 nitrogen and oxygen atoms in total. The van der Waals surface area contributed by atoms with Crippen molar-refractivity contribution in [2.24, 2.45) is 0 Å². The van der Waals surface area contributed by atoms with Gasteiger partial charge in [-0.15, -0.1) is 0 Å². The van der Waals surface area contributed by atoms with Gasteiger partial charge in [-0.3, -0.25) is 0 Å². The van der Waals surface area contributed by atoms with Crippen LogP contribution in [0.3, 0.4) is 0 Å². The first-order valence-electron chi connectivity index (χ1n) is 4.67. The second-order valence-corrected chi connectivity index (χ2v) is 3.51. The molecule has 1 N–H and O–H groups in total. The number of carbonyl (C=O) groups excluding carboxylic acids is 1. The molecule has 76 valence electrons. The van der Waals surface area contributed by atoms with Gasteiger partial charge in [0.05, 0.1) is 12.6 Å². The van der Waals surface area contributed by atoms with Gasteiger partial charge in [0.1, 0.15) is 11.5 Å². The summed E-state index contributed by atoms with van der Waals surface area (Å²) in [6.07, 6.45) is 0.394. The van der Waals surface area contributed by atoms with Crippen LogP contribution in [0.5, 0.6) is 0 Å². The minimum atomic E-state index is -0.368. The van der Waals surface area contributed by atoms with E-state index >= 15 is 0 Å². The van der Waals surface area contributed by atoms with Crippen molar-refractivity contribution in [2.75, 3.05) is 6.61 Å².